The van der Waals surface area contributed by atoms with Crippen molar-refractivity contribution in [3.63, 3.8) is 0 Å². The molecule has 0 bridgehead atoms. The summed E-state index contributed by atoms with van der Waals surface area (Å²) in [6.45, 7) is 3.85. The second-order valence-corrected chi connectivity index (χ2v) is 5.87. The molecule has 1 fully saturated rings. The second kappa shape index (κ2) is 6.70. The Morgan fingerprint density at radius 1 is 1.00 bits per heavy atom. The molecule has 0 aromatic carbocycles. The molecule has 0 aliphatic carbocycles. The molecule has 5 nitrogen and oxygen atoms in total. The number of carbonyl (C=O) groups excluding carboxylic acids is 1. The van der Waals surface area contributed by atoms with Gasteiger partial charge in [-0.15, -0.1) is 0 Å². The van der Waals surface area contributed by atoms with Crippen LogP contribution in [0.5, 0.6) is 0 Å². The van der Waals surface area contributed by atoms with Gasteiger partial charge >= 0.3 is 6.18 Å². The Kier molecular flexibility index (Phi) is 4.61. The van der Waals surface area contributed by atoms with Crippen LogP contribution in [0.4, 0.5) is 19.0 Å². The van der Waals surface area contributed by atoms with Crippen LogP contribution in [0.25, 0.3) is 0 Å². The minimum atomic E-state index is -4.39. The van der Waals surface area contributed by atoms with Crippen LogP contribution in [0.1, 0.15) is 21.6 Å². The van der Waals surface area contributed by atoms with Gasteiger partial charge in [0.15, 0.2) is 0 Å². The van der Waals surface area contributed by atoms with Gasteiger partial charge in [-0.3, -0.25) is 9.78 Å². The summed E-state index contributed by atoms with van der Waals surface area (Å²) in [4.78, 5) is 24.0. The van der Waals surface area contributed by atoms with Crippen LogP contribution in [-0.2, 0) is 6.18 Å². The predicted octanol–water partition coefficient (Wildman–Crippen LogP) is 2.77. The number of piperazine rings is 1. The van der Waals surface area contributed by atoms with Gasteiger partial charge in [0.25, 0.3) is 5.91 Å². The lowest BCUT2D eigenvalue weighted by Crippen LogP contribution is -2.49. The van der Waals surface area contributed by atoms with Gasteiger partial charge in [0, 0.05) is 44.3 Å². The van der Waals surface area contributed by atoms with Crippen LogP contribution >= 0.6 is 0 Å². The monoisotopic (exact) mass is 350 g/mol. The smallest absolute Gasteiger partial charge is 0.353 e. The van der Waals surface area contributed by atoms with Crippen LogP contribution in [0.3, 0.4) is 0 Å². The first-order valence-corrected chi connectivity index (χ1v) is 7.85. The molecule has 25 heavy (non-hydrogen) atoms. The van der Waals surface area contributed by atoms with Gasteiger partial charge in [0.1, 0.15) is 5.82 Å². The summed E-state index contributed by atoms with van der Waals surface area (Å²) in [5.74, 6) is 0.393. The zero-order valence-corrected chi connectivity index (χ0v) is 13.6. The molecule has 1 aliphatic rings. The van der Waals surface area contributed by atoms with Crippen LogP contribution in [0.2, 0.25) is 0 Å². The van der Waals surface area contributed by atoms with Crippen LogP contribution < -0.4 is 4.90 Å². The van der Waals surface area contributed by atoms with Crippen molar-refractivity contribution in [3.05, 3.63) is 53.5 Å². The number of pyridine rings is 2. The molecule has 0 atom stereocenters. The van der Waals surface area contributed by atoms with E-state index in [2.05, 4.69) is 9.97 Å². The van der Waals surface area contributed by atoms with Crippen molar-refractivity contribution in [2.24, 2.45) is 0 Å². The maximum absolute atomic E-state index is 12.6. The number of anilines is 1. The number of rotatable bonds is 2. The van der Waals surface area contributed by atoms with E-state index in [4.69, 9.17) is 0 Å². The molecule has 0 N–H and O–H groups in total. The van der Waals surface area contributed by atoms with Crippen molar-refractivity contribution in [3.8, 4) is 0 Å². The summed E-state index contributed by atoms with van der Waals surface area (Å²) in [5, 5.41) is 0. The van der Waals surface area contributed by atoms with Crippen molar-refractivity contribution in [2.45, 2.75) is 13.1 Å². The Labute approximate surface area is 143 Å². The van der Waals surface area contributed by atoms with Gasteiger partial charge < -0.3 is 9.80 Å². The summed E-state index contributed by atoms with van der Waals surface area (Å²) in [7, 11) is 0. The molecule has 3 heterocycles. The van der Waals surface area contributed by atoms with E-state index in [9.17, 15) is 18.0 Å². The highest BCUT2D eigenvalue weighted by molar-refractivity contribution is 5.94. The Morgan fingerprint density at radius 3 is 2.24 bits per heavy atom. The molecule has 8 heteroatoms. The van der Waals surface area contributed by atoms with E-state index in [0.717, 1.165) is 18.0 Å². The molecular weight excluding hydrogens is 333 g/mol. The fourth-order valence-corrected chi connectivity index (χ4v) is 2.66. The van der Waals surface area contributed by atoms with Gasteiger partial charge in [0.2, 0.25) is 0 Å². The third kappa shape index (κ3) is 3.89. The molecule has 1 amide bonds. The number of aryl methyl sites for hydroxylation is 1. The third-order valence-corrected chi connectivity index (χ3v) is 4.12. The van der Waals surface area contributed by atoms with Gasteiger partial charge in [0.05, 0.1) is 11.1 Å². The minimum absolute atomic E-state index is 0.0903. The molecule has 2 aromatic heterocycles. The highest BCUT2D eigenvalue weighted by Crippen LogP contribution is 2.29. The number of aromatic nitrogens is 2. The molecule has 132 valence electrons. The summed E-state index contributed by atoms with van der Waals surface area (Å²) in [5.41, 5.74) is 0.610. The van der Waals surface area contributed by atoms with Crippen molar-refractivity contribution in [1.82, 2.24) is 14.9 Å². The largest absolute Gasteiger partial charge is 0.417 e. The van der Waals surface area contributed by atoms with E-state index < -0.39 is 11.7 Å². The molecule has 1 aliphatic heterocycles. The number of carbonyl (C=O) groups is 1. The standard InChI is InChI=1S/C17H17F3N4O/c1-12-2-3-13(10-21-12)16(25)24-8-6-23(7-9-24)15-5-4-14(11-22-15)17(18,19)20/h2-5,10-11H,6-9H2,1H3. The Hall–Kier alpha value is -2.64. The van der Waals surface area contributed by atoms with Crippen molar-refractivity contribution >= 4 is 11.7 Å². The summed E-state index contributed by atoms with van der Waals surface area (Å²) in [6.07, 6.45) is -2.00. The van der Waals surface area contributed by atoms with Crippen LogP contribution in [0, 0.1) is 6.92 Å². The number of alkyl halides is 3. The average Bonchev–Trinajstić information content (AvgIpc) is 2.61. The Bertz CT molecular complexity index is 736. The minimum Gasteiger partial charge on any atom is -0.353 e. The van der Waals surface area contributed by atoms with E-state index in [1.165, 1.54) is 6.07 Å². The lowest BCUT2D eigenvalue weighted by Gasteiger charge is -2.35. The zero-order valence-electron chi connectivity index (χ0n) is 13.6. The fourth-order valence-electron chi connectivity index (χ4n) is 2.66. The number of nitrogens with zero attached hydrogens (tertiary/aromatic N) is 4. The molecule has 0 saturated carbocycles. The van der Waals surface area contributed by atoms with Crippen molar-refractivity contribution in [2.75, 3.05) is 31.1 Å². The molecule has 0 radical (unpaired) electrons. The zero-order chi connectivity index (χ0) is 18.0. The molecule has 3 rings (SSSR count). The quantitative estimate of drug-likeness (QED) is 0.836. The average molecular weight is 350 g/mol. The molecule has 2 aromatic rings. The van der Waals surface area contributed by atoms with E-state index in [1.54, 1.807) is 23.2 Å². The predicted molar refractivity (Wildman–Crippen MR) is 86.3 cm³/mol. The maximum Gasteiger partial charge on any atom is 0.417 e. The number of hydrogen-bond acceptors (Lipinski definition) is 4. The number of amides is 1. The van der Waals surface area contributed by atoms with Crippen LogP contribution in [-0.4, -0.2) is 47.0 Å². The fraction of sp³-hybridized carbons (Fsp3) is 0.353. The molecule has 0 spiro atoms. The third-order valence-electron chi connectivity index (χ3n) is 4.12. The van der Waals surface area contributed by atoms with Gasteiger partial charge in [-0.05, 0) is 31.2 Å². The topological polar surface area (TPSA) is 49.3 Å². The van der Waals surface area contributed by atoms with E-state index in [-0.39, 0.29) is 5.91 Å². The van der Waals surface area contributed by atoms with E-state index in [1.807, 2.05) is 11.8 Å². The highest BCUT2D eigenvalue weighted by atomic mass is 19.4. The summed E-state index contributed by atoms with van der Waals surface area (Å²) >= 11 is 0. The van der Waals surface area contributed by atoms with Crippen molar-refractivity contribution in [1.29, 1.82) is 0 Å². The van der Waals surface area contributed by atoms with Gasteiger partial charge in [-0.1, -0.05) is 0 Å². The highest BCUT2D eigenvalue weighted by Gasteiger charge is 2.31. The molecule has 0 unspecified atom stereocenters. The maximum atomic E-state index is 12.6. The summed E-state index contributed by atoms with van der Waals surface area (Å²) < 4.78 is 37.8. The Balaban J connectivity index is 1.61. The molecule has 1 saturated heterocycles. The van der Waals surface area contributed by atoms with Crippen LogP contribution in [0.15, 0.2) is 36.7 Å². The first kappa shape index (κ1) is 17.2. The number of halogens is 3. The van der Waals surface area contributed by atoms with E-state index in [0.29, 0.717) is 37.6 Å². The SMILES string of the molecule is Cc1ccc(C(=O)N2CCN(c3ccc(C(F)(F)F)cn3)CC2)cn1. The Morgan fingerprint density at radius 2 is 1.72 bits per heavy atom. The second-order valence-electron chi connectivity index (χ2n) is 5.87. The number of hydrogen-bond donors (Lipinski definition) is 0. The normalized spacial score (nSPS) is 15.4. The summed E-state index contributed by atoms with van der Waals surface area (Å²) in [6, 6.07) is 5.92. The van der Waals surface area contributed by atoms with Crippen molar-refractivity contribution < 1.29 is 18.0 Å². The van der Waals surface area contributed by atoms with E-state index >= 15 is 0 Å². The van der Waals surface area contributed by atoms with Gasteiger partial charge in [-0.2, -0.15) is 13.2 Å². The molecular formula is C17H17F3N4O. The lowest BCUT2D eigenvalue weighted by molar-refractivity contribution is -0.137. The van der Waals surface area contributed by atoms with Gasteiger partial charge in [-0.25, -0.2) is 4.98 Å². The first-order chi connectivity index (χ1) is 11.8. The lowest BCUT2D eigenvalue weighted by atomic mass is 10.2. The first-order valence-electron chi connectivity index (χ1n) is 7.85.